The third-order valence-corrected chi connectivity index (χ3v) is 7.99. The van der Waals surface area contributed by atoms with Gasteiger partial charge < -0.3 is 9.30 Å². The lowest BCUT2D eigenvalue weighted by molar-refractivity contribution is -0.119. The van der Waals surface area contributed by atoms with E-state index < -0.39 is 22.5 Å². The number of aromatic nitrogens is 1. The molecule has 0 spiro atoms. The second kappa shape index (κ2) is 11.4. The molecule has 38 heavy (non-hydrogen) atoms. The standard InChI is InChI=1S/C29H30N4O4S/c1-21-10-8-9-13-28(21)33-22(2)18-24(23(33)3)19-30-31-29(34)20-32(25-11-6-5-7-12-25)38(35,36)27-16-14-26(37-4)15-17-27/h5-19H,20H2,1-4H3,(H,31,34)/b30-19-. The van der Waals surface area contributed by atoms with E-state index in [0.29, 0.717) is 11.4 Å². The summed E-state index contributed by atoms with van der Waals surface area (Å²) in [5.74, 6) is -0.0426. The van der Waals surface area contributed by atoms with Crippen LogP contribution in [0.25, 0.3) is 5.69 Å². The molecular weight excluding hydrogens is 500 g/mol. The van der Waals surface area contributed by atoms with Crippen LogP contribution >= 0.6 is 0 Å². The maximum atomic E-state index is 13.5. The number of aryl methyl sites for hydroxylation is 2. The Bertz CT molecular complexity index is 1560. The molecule has 9 heteroatoms. The summed E-state index contributed by atoms with van der Waals surface area (Å²) in [6.07, 6.45) is 1.57. The number of hydrogen-bond donors (Lipinski definition) is 1. The Labute approximate surface area is 223 Å². The molecule has 0 fully saturated rings. The number of methoxy groups -OCH3 is 1. The predicted molar refractivity (Wildman–Crippen MR) is 150 cm³/mol. The number of benzene rings is 3. The Hall–Kier alpha value is -4.37. The van der Waals surface area contributed by atoms with E-state index in [1.165, 1.54) is 19.2 Å². The Kier molecular flexibility index (Phi) is 7.97. The van der Waals surface area contributed by atoms with Gasteiger partial charge in [-0.05, 0) is 74.9 Å². The van der Waals surface area contributed by atoms with E-state index in [2.05, 4.69) is 34.2 Å². The van der Waals surface area contributed by atoms with Crippen molar-refractivity contribution in [2.24, 2.45) is 5.10 Å². The molecule has 8 nitrogen and oxygen atoms in total. The molecular formula is C29H30N4O4S. The van der Waals surface area contributed by atoms with Gasteiger partial charge in [-0.1, -0.05) is 36.4 Å². The zero-order chi connectivity index (χ0) is 27.3. The second-order valence-corrected chi connectivity index (χ2v) is 10.6. The van der Waals surface area contributed by atoms with Crippen molar-refractivity contribution in [2.45, 2.75) is 25.7 Å². The van der Waals surface area contributed by atoms with E-state index in [9.17, 15) is 13.2 Å². The minimum absolute atomic E-state index is 0.0436. The Morgan fingerprint density at radius 1 is 0.974 bits per heavy atom. The zero-order valence-corrected chi connectivity index (χ0v) is 22.6. The largest absolute Gasteiger partial charge is 0.497 e. The number of rotatable bonds is 9. The quantitative estimate of drug-likeness (QED) is 0.250. The van der Waals surface area contributed by atoms with Crippen LogP contribution < -0.4 is 14.5 Å². The van der Waals surface area contributed by atoms with Crippen LogP contribution in [-0.4, -0.2) is 38.8 Å². The number of amides is 1. The molecule has 4 rings (SSSR count). The van der Waals surface area contributed by atoms with Gasteiger partial charge in [-0.3, -0.25) is 9.10 Å². The molecule has 1 amide bonds. The molecule has 0 aliphatic carbocycles. The summed E-state index contributed by atoms with van der Waals surface area (Å²) in [6, 6.07) is 24.6. The van der Waals surface area contributed by atoms with Gasteiger partial charge in [0.1, 0.15) is 12.3 Å². The van der Waals surface area contributed by atoms with Gasteiger partial charge in [0.2, 0.25) is 0 Å². The number of sulfonamides is 1. The van der Waals surface area contributed by atoms with Crippen LogP contribution in [-0.2, 0) is 14.8 Å². The fraction of sp³-hybridized carbons (Fsp3) is 0.172. The van der Waals surface area contributed by atoms with Crippen LogP contribution in [0.15, 0.2) is 94.9 Å². The molecule has 1 heterocycles. The van der Waals surface area contributed by atoms with E-state index in [1.807, 2.05) is 32.0 Å². The minimum Gasteiger partial charge on any atom is -0.497 e. The number of hydrazone groups is 1. The lowest BCUT2D eigenvalue weighted by Crippen LogP contribution is -2.39. The Morgan fingerprint density at radius 3 is 2.29 bits per heavy atom. The molecule has 4 aromatic rings. The van der Waals surface area contributed by atoms with Crippen molar-refractivity contribution in [2.75, 3.05) is 18.0 Å². The molecule has 0 radical (unpaired) electrons. The maximum absolute atomic E-state index is 13.5. The van der Waals surface area contributed by atoms with Gasteiger partial charge in [0.05, 0.1) is 23.9 Å². The van der Waals surface area contributed by atoms with Gasteiger partial charge in [0.25, 0.3) is 15.9 Å². The molecule has 0 aliphatic heterocycles. The van der Waals surface area contributed by atoms with Crippen LogP contribution in [0.3, 0.4) is 0 Å². The van der Waals surface area contributed by atoms with E-state index in [1.54, 1.807) is 48.7 Å². The lowest BCUT2D eigenvalue weighted by atomic mass is 10.2. The fourth-order valence-electron chi connectivity index (χ4n) is 4.23. The molecule has 0 saturated heterocycles. The highest BCUT2D eigenvalue weighted by atomic mass is 32.2. The highest BCUT2D eigenvalue weighted by Gasteiger charge is 2.27. The van der Waals surface area contributed by atoms with Gasteiger partial charge >= 0.3 is 0 Å². The Balaban J connectivity index is 1.54. The summed E-state index contributed by atoms with van der Waals surface area (Å²) in [5, 5.41) is 4.12. The minimum atomic E-state index is -4.03. The summed E-state index contributed by atoms with van der Waals surface area (Å²) >= 11 is 0. The molecule has 3 aromatic carbocycles. The first-order valence-electron chi connectivity index (χ1n) is 12.0. The molecule has 0 unspecified atom stereocenters. The number of para-hydroxylation sites is 2. The average molecular weight is 531 g/mol. The van der Waals surface area contributed by atoms with E-state index in [-0.39, 0.29) is 4.90 Å². The number of carbonyl (C=O) groups is 1. The molecule has 1 N–H and O–H groups in total. The average Bonchev–Trinajstić information content (AvgIpc) is 3.20. The Morgan fingerprint density at radius 2 is 1.63 bits per heavy atom. The van der Waals surface area contributed by atoms with Crippen LogP contribution in [0.5, 0.6) is 5.75 Å². The van der Waals surface area contributed by atoms with Crippen LogP contribution in [0.1, 0.15) is 22.5 Å². The van der Waals surface area contributed by atoms with Crippen LogP contribution in [0.4, 0.5) is 5.69 Å². The first-order chi connectivity index (χ1) is 18.2. The molecule has 0 atom stereocenters. The monoisotopic (exact) mass is 530 g/mol. The zero-order valence-electron chi connectivity index (χ0n) is 21.8. The molecule has 0 bridgehead atoms. The summed E-state index contributed by atoms with van der Waals surface area (Å²) in [4.78, 5) is 12.9. The van der Waals surface area contributed by atoms with Gasteiger partial charge in [-0.15, -0.1) is 0 Å². The molecule has 196 valence electrons. The smallest absolute Gasteiger partial charge is 0.264 e. The topological polar surface area (TPSA) is 93.0 Å². The van der Waals surface area contributed by atoms with E-state index in [0.717, 1.165) is 32.5 Å². The van der Waals surface area contributed by atoms with Crippen molar-refractivity contribution in [3.8, 4) is 11.4 Å². The number of ether oxygens (including phenoxy) is 1. The van der Waals surface area contributed by atoms with Gasteiger partial charge in [0, 0.05) is 22.6 Å². The summed E-state index contributed by atoms with van der Waals surface area (Å²) < 4.78 is 35.3. The predicted octanol–water partition coefficient (Wildman–Crippen LogP) is 4.76. The van der Waals surface area contributed by atoms with Gasteiger partial charge in [0.15, 0.2) is 0 Å². The van der Waals surface area contributed by atoms with Crippen LogP contribution in [0, 0.1) is 20.8 Å². The SMILES string of the molecule is COc1ccc(S(=O)(=O)N(CC(=O)N/N=C\c2cc(C)n(-c3ccccc3C)c2C)c2ccccc2)cc1. The summed E-state index contributed by atoms with van der Waals surface area (Å²) in [6.45, 7) is 5.61. The molecule has 0 saturated carbocycles. The highest BCUT2D eigenvalue weighted by molar-refractivity contribution is 7.92. The first kappa shape index (κ1) is 26.7. The summed E-state index contributed by atoms with van der Waals surface area (Å²) in [5.41, 5.74) is 7.91. The third-order valence-electron chi connectivity index (χ3n) is 6.20. The molecule has 0 aliphatic rings. The van der Waals surface area contributed by atoms with Crippen LogP contribution in [0.2, 0.25) is 0 Å². The van der Waals surface area contributed by atoms with E-state index >= 15 is 0 Å². The van der Waals surface area contributed by atoms with Crippen molar-refractivity contribution in [1.29, 1.82) is 0 Å². The number of nitrogens with zero attached hydrogens (tertiary/aromatic N) is 3. The van der Waals surface area contributed by atoms with Gasteiger partial charge in [-0.25, -0.2) is 13.8 Å². The number of nitrogens with one attached hydrogen (secondary N) is 1. The van der Waals surface area contributed by atoms with Gasteiger partial charge in [-0.2, -0.15) is 5.10 Å². The van der Waals surface area contributed by atoms with Crippen molar-refractivity contribution in [3.63, 3.8) is 0 Å². The highest BCUT2D eigenvalue weighted by Crippen LogP contribution is 2.25. The number of carbonyl (C=O) groups excluding carboxylic acids is 1. The fourth-order valence-corrected chi connectivity index (χ4v) is 5.65. The molecule has 1 aromatic heterocycles. The third kappa shape index (κ3) is 5.63. The maximum Gasteiger partial charge on any atom is 0.264 e. The number of anilines is 1. The normalized spacial score (nSPS) is 11.5. The first-order valence-corrected chi connectivity index (χ1v) is 13.4. The second-order valence-electron chi connectivity index (χ2n) is 8.76. The number of hydrogen-bond acceptors (Lipinski definition) is 5. The van der Waals surface area contributed by atoms with E-state index in [4.69, 9.17) is 4.74 Å². The lowest BCUT2D eigenvalue weighted by Gasteiger charge is -2.23. The summed E-state index contributed by atoms with van der Waals surface area (Å²) in [7, 11) is -2.53. The van der Waals surface area contributed by atoms with Crippen molar-refractivity contribution >= 4 is 27.8 Å². The van der Waals surface area contributed by atoms with Crippen molar-refractivity contribution in [1.82, 2.24) is 9.99 Å². The van der Waals surface area contributed by atoms with Crippen molar-refractivity contribution in [3.05, 3.63) is 107 Å². The van der Waals surface area contributed by atoms with Crippen molar-refractivity contribution < 1.29 is 17.9 Å².